The van der Waals surface area contributed by atoms with E-state index in [1.165, 1.54) is 11.0 Å². The molecule has 3 N–H and O–H groups in total. The number of amides is 3. The number of aromatic hydroxyl groups is 1. The fraction of sp³-hybridized carbons (Fsp3) is 0.344. The first-order valence-corrected chi connectivity index (χ1v) is 13.4. The zero-order valence-corrected chi connectivity index (χ0v) is 24.0. The van der Waals surface area contributed by atoms with Crippen molar-refractivity contribution in [3.63, 3.8) is 0 Å². The van der Waals surface area contributed by atoms with Gasteiger partial charge >= 0.3 is 6.09 Å². The molecule has 3 aromatic rings. The Labute approximate surface area is 236 Å². The van der Waals surface area contributed by atoms with Gasteiger partial charge in [-0.25, -0.2) is 4.79 Å². The summed E-state index contributed by atoms with van der Waals surface area (Å²) in [5.41, 5.74) is 2.71. The summed E-state index contributed by atoms with van der Waals surface area (Å²) in [4.78, 5) is 42.3. The molecule has 0 fully saturated rings. The number of likely N-dealkylation sites (N-methyl/N-ethyl adjacent to an activating group) is 1. The fourth-order valence-corrected chi connectivity index (χ4v) is 4.54. The summed E-state index contributed by atoms with van der Waals surface area (Å²) >= 11 is 0. The summed E-state index contributed by atoms with van der Waals surface area (Å²) in [6.45, 7) is 10.9. The van der Waals surface area contributed by atoms with Gasteiger partial charge in [0, 0.05) is 24.2 Å². The highest BCUT2D eigenvalue weighted by atomic mass is 16.6. The maximum Gasteiger partial charge on any atom is 0.408 e. The Morgan fingerprint density at radius 1 is 0.900 bits per heavy atom. The maximum atomic E-state index is 14.2. The van der Waals surface area contributed by atoms with E-state index in [0.717, 1.165) is 16.7 Å². The molecule has 0 radical (unpaired) electrons. The van der Waals surface area contributed by atoms with Crippen LogP contribution in [-0.4, -0.2) is 46.1 Å². The molecule has 0 aliphatic heterocycles. The van der Waals surface area contributed by atoms with Crippen molar-refractivity contribution in [1.29, 1.82) is 0 Å². The first-order valence-electron chi connectivity index (χ1n) is 13.4. The number of para-hydroxylation sites is 2. The molecule has 0 saturated carbocycles. The third-order valence-electron chi connectivity index (χ3n) is 6.42. The number of rotatable bonds is 9. The van der Waals surface area contributed by atoms with Gasteiger partial charge in [0.25, 0.3) is 5.91 Å². The highest BCUT2D eigenvalue weighted by Crippen LogP contribution is 2.32. The summed E-state index contributed by atoms with van der Waals surface area (Å²) in [5.74, 6) is -1.08. The van der Waals surface area contributed by atoms with Crippen molar-refractivity contribution in [2.75, 3.05) is 11.9 Å². The third-order valence-corrected chi connectivity index (χ3v) is 6.42. The maximum absolute atomic E-state index is 14.2. The standard InChI is InChI=1S/C32H39N3O5/c1-7-35(30(38)25(20-23-16-9-8-10-17-23)33-31(39)40-32(4,5)6)28(24-18-11-12-19-26(24)36)29(37)34-27-21(2)14-13-15-22(27)3/h8-19,25,28,36H,7,20H2,1-6H3,(H,33,39)(H,34,37). The Morgan fingerprint density at radius 3 is 2.08 bits per heavy atom. The van der Waals surface area contributed by atoms with Gasteiger partial charge in [0.05, 0.1) is 0 Å². The summed E-state index contributed by atoms with van der Waals surface area (Å²) in [6.07, 6.45) is -0.557. The van der Waals surface area contributed by atoms with Crippen LogP contribution >= 0.6 is 0 Å². The van der Waals surface area contributed by atoms with Crippen molar-refractivity contribution < 1.29 is 24.2 Å². The Kier molecular flexibility index (Phi) is 9.93. The van der Waals surface area contributed by atoms with E-state index >= 15 is 0 Å². The number of alkyl carbamates (subject to hydrolysis) is 1. The Bertz CT molecular complexity index is 1310. The topological polar surface area (TPSA) is 108 Å². The van der Waals surface area contributed by atoms with Gasteiger partial charge < -0.3 is 25.4 Å². The highest BCUT2D eigenvalue weighted by molar-refractivity contribution is 6.00. The largest absolute Gasteiger partial charge is 0.508 e. The molecule has 3 rings (SSSR count). The van der Waals surface area contributed by atoms with E-state index in [-0.39, 0.29) is 24.3 Å². The molecule has 0 saturated heterocycles. The van der Waals surface area contributed by atoms with Crippen LogP contribution in [0.1, 0.15) is 56.0 Å². The predicted molar refractivity (Wildman–Crippen MR) is 156 cm³/mol. The highest BCUT2D eigenvalue weighted by Gasteiger charge is 2.37. The quantitative estimate of drug-likeness (QED) is 0.321. The van der Waals surface area contributed by atoms with Crippen LogP contribution in [0.3, 0.4) is 0 Å². The number of aryl methyl sites for hydroxylation is 2. The molecule has 3 aromatic carbocycles. The second kappa shape index (κ2) is 13.2. The Hall–Kier alpha value is -4.33. The zero-order chi connectivity index (χ0) is 29.4. The van der Waals surface area contributed by atoms with E-state index in [4.69, 9.17) is 4.74 Å². The number of nitrogens with one attached hydrogen (secondary N) is 2. The van der Waals surface area contributed by atoms with Crippen molar-refractivity contribution in [2.45, 2.75) is 65.6 Å². The molecule has 8 heteroatoms. The van der Waals surface area contributed by atoms with E-state index in [1.54, 1.807) is 45.9 Å². The average molecular weight is 546 g/mol. The lowest BCUT2D eigenvalue weighted by molar-refractivity contribution is -0.140. The molecule has 0 bridgehead atoms. The second-order valence-corrected chi connectivity index (χ2v) is 10.7. The monoisotopic (exact) mass is 545 g/mol. The van der Waals surface area contributed by atoms with Crippen molar-refractivity contribution in [3.05, 3.63) is 95.1 Å². The number of phenolic OH excluding ortho intramolecular Hbond substituents is 1. The molecule has 8 nitrogen and oxygen atoms in total. The van der Waals surface area contributed by atoms with Crippen LogP contribution in [0.5, 0.6) is 5.75 Å². The molecule has 3 amide bonds. The van der Waals surface area contributed by atoms with Crippen LogP contribution in [-0.2, 0) is 20.7 Å². The van der Waals surface area contributed by atoms with E-state index in [1.807, 2.05) is 62.4 Å². The number of hydrogen-bond donors (Lipinski definition) is 3. The molecule has 0 heterocycles. The van der Waals surface area contributed by atoms with Crippen LogP contribution < -0.4 is 10.6 Å². The fourth-order valence-electron chi connectivity index (χ4n) is 4.54. The predicted octanol–water partition coefficient (Wildman–Crippen LogP) is 5.67. The van der Waals surface area contributed by atoms with E-state index in [0.29, 0.717) is 5.69 Å². The molecule has 40 heavy (non-hydrogen) atoms. The third kappa shape index (κ3) is 7.85. The summed E-state index contributed by atoms with van der Waals surface area (Å²) < 4.78 is 5.45. The van der Waals surface area contributed by atoms with E-state index in [2.05, 4.69) is 10.6 Å². The van der Waals surface area contributed by atoms with Gasteiger partial charge in [-0.05, 0) is 64.3 Å². The number of benzene rings is 3. The smallest absolute Gasteiger partial charge is 0.408 e. The van der Waals surface area contributed by atoms with Crippen molar-refractivity contribution >= 4 is 23.6 Å². The lowest BCUT2D eigenvalue weighted by Crippen LogP contribution is -2.53. The second-order valence-electron chi connectivity index (χ2n) is 10.7. The summed E-state index contributed by atoms with van der Waals surface area (Å²) in [5, 5.41) is 16.5. The average Bonchev–Trinajstić information content (AvgIpc) is 2.88. The molecule has 212 valence electrons. The van der Waals surface area contributed by atoms with Gasteiger partial charge in [-0.1, -0.05) is 66.7 Å². The zero-order valence-electron chi connectivity index (χ0n) is 24.0. The van der Waals surface area contributed by atoms with Crippen LogP contribution in [0.15, 0.2) is 72.8 Å². The van der Waals surface area contributed by atoms with Gasteiger partial charge in [-0.3, -0.25) is 9.59 Å². The van der Waals surface area contributed by atoms with E-state index in [9.17, 15) is 19.5 Å². The molecular weight excluding hydrogens is 506 g/mol. The molecule has 0 spiro atoms. The Morgan fingerprint density at radius 2 is 1.50 bits per heavy atom. The molecule has 2 atom stereocenters. The Balaban J connectivity index is 2.03. The molecular formula is C32H39N3O5. The van der Waals surface area contributed by atoms with Crippen molar-refractivity contribution in [3.8, 4) is 5.75 Å². The number of ether oxygens (including phenoxy) is 1. The number of carbonyl (C=O) groups is 3. The first kappa shape index (κ1) is 30.2. The molecule has 0 aliphatic carbocycles. The van der Waals surface area contributed by atoms with Crippen LogP contribution in [0.4, 0.5) is 10.5 Å². The normalized spacial score (nSPS) is 12.7. The van der Waals surface area contributed by atoms with Gasteiger partial charge in [0.2, 0.25) is 5.91 Å². The van der Waals surface area contributed by atoms with Gasteiger partial charge in [0.1, 0.15) is 23.4 Å². The molecule has 2 unspecified atom stereocenters. The summed E-state index contributed by atoms with van der Waals surface area (Å²) in [6, 6.07) is 19.2. The number of anilines is 1. The number of nitrogens with zero attached hydrogens (tertiary/aromatic N) is 1. The summed E-state index contributed by atoms with van der Waals surface area (Å²) in [7, 11) is 0. The van der Waals surface area contributed by atoms with E-state index < -0.39 is 35.6 Å². The number of hydrogen-bond acceptors (Lipinski definition) is 5. The van der Waals surface area contributed by atoms with Crippen LogP contribution in [0, 0.1) is 13.8 Å². The van der Waals surface area contributed by atoms with Gasteiger partial charge in [0.15, 0.2) is 0 Å². The number of phenols is 1. The SMILES string of the molecule is CCN(C(=O)C(Cc1ccccc1)NC(=O)OC(C)(C)C)C(C(=O)Nc1c(C)cccc1C)c1ccccc1O. The van der Waals surface area contributed by atoms with Crippen molar-refractivity contribution in [2.24, 2.45) is 0 Å². The van der Waals surface area contributed by atoms with Gasteiger partial charge in [-0.2, -0.15) is 0 Å². The number of carbonyl (C=O) groups excluding carboxylic acids is 3. The minimum Gasteiger partial charge on any atom is -0.508 e. The lowest BCUT2D eigenvalue weighted by atomic mass is 9.99. The molecule has 0 aliphatic rings. The minimum atomic E-state index is -1.17. The van der Waals surface area contributed by atoms with Gasteiger partial charge in [-0.15, -0.1) is 0 Å². The van der Waals surface area contributed by atoms with Crippen molar-refractivity contribution in [1.82, 2.24) is 10.2 Å². The minimum absolute atomic E-state index is 0.116. The lowest BCUT2D eigenvalue weighted by Gasteiger charge is -2.34. The van der Waals surface area contributed by atoms with Crippen LogP contribution in [0.25, 0.3) is 0 Å². The van der Waals surface area contributed by atoms with Crippen LogP contribution in [0.2, 0.25) is 0 Å². The first-order chi connectivity index (χ1) is 18.9. The molecule has 0 aromatic heterocycles.